The number of carbonyl (C=O) groups excluding carboxylic acids is 1. The summed E-state index contributed by atoms with van der Waals surface area (Å²) in [6.07, 6.45) is 2.30. The zero-order valence-electron chi connectivity index (χ0n) is 10.1. The van der Waals surface area contributed by atoms with Crippen molar-refractivity contribution in [3.05, 3.63) is 10.6 Å². The molecule has 94 valence electrons. The zero-order chi connectivity index (χ0) is 12.3. The lowest BCUT2D eigenvalue weighted by atomic mass is 10.2. The molecule has 1 aromatic rings. The van der Waals surface area contributed by atoms with Gasteiger partial charge < -0.3 is 15.4 Å². The second-order valence-electron chi connectivity index (χ2n) is 4.03. The molecule has 6 heteroatoms. The van der Waals surface area contributed by atoms with E-state index in [1.54, 1.807) is 7.05 Å². The molecule has 1 saturated heterocycles. The van der Waals surface area contributed by atoms with E-state index in [1.165, 1.54) is 11.3 Å². The third-order valence-electron chi connectivity index (χ3n) is 2.73. The molecule has 0 unspecified atom stereocenters. The molecule has 2 heterocycles. The number of anilines is 1. The second-order valence-corrected chi connectivity index (χ2v) is 5.03. The molecular formula is C11H17N3O2S. The van der Waals surface area contributed by atoms with Crippen LogP contribution in [0, 0.1) is 6.92 Å². The predicted molar refractivity (Wildman–Crippen MR) is 67.7 cm³/mol. The number of aromatic nitrogens is 1. The van der Waals surface area contributed by atoms with Crippen LogP contribution in [-0.2, 0) is 4.74 Å². The lowest BCUT2D eigenvalue weighted by Crippen LogP contribution is -2.31. The summed E-state index contributed by atoms with van der Waals surface area (Å²) in [6.45, 7) is 3.24. The average Bonchev–Trinajstić information content (AvgIpc) is 2.94. The Balaban J connectivity index is 1.91. The van der Waals surface area contributed by atoms with Gasteiger partial charge in [0.1, 0.15) is 4.88 Å². The highest BCUT2D eigenvalue weighted by Crippen LogP contribution is 2.21. The minimum absolute atomic E-state index is 0.0583. The normalized spacial score (nSPS) is 19.3. The van der Waals surface area contributed by atoms with E-state index in [-0.39, 0.29) is 12.0 Å². The van der Waals surface area contributed by atoms with E-state index >= 15 is 0 Å². The summed E-state index contributed by atoms with van der Waals surface area (Å²) in [4.78, 5) is 16.8. The van der Waals surface area contributed by atoms with Crippen LogP contribution < -0.4 is 10.6 Å². The van der Waals surface area contributed by atoms with Gasteiger partial charge >= 0.3 is 0 Å². The largest absolute Gasteiger partial charge is 0.376 e. The summed E-state index contributed by atoms with van der Waals surface area (Å²) in [5, 5.41) is 6.61. The van der Waals surface area contributed by atoms with Crippen molar-refractivity contribution in [1.82, 2.24) is 10.3 Å². The van der Waals surface area contributed by atoms with Gasteiger partial charge in [-0.3, -0.25) is 4.79 Å². The van der Waals surface area contributed by atoms with E-state index in [9.17, 15) is 4.79 Å². The third kappa shape index (κ3) is 2.95. The van der Waals surface area contributed by atoms with E-state index in [1.807, 2.05) is 6.92 Å². The maximum atomic E-state index is 11.9. The number of ether oxygens (including phenoxy) is 1. The highest BCUT2D eigenvalue weighted by Gasteiger charge is 2.19. The molecule has 2 rings (SSSR count). The first-order chi connectivity index (χ1) is 8.20. The van der Waals surface area contributed by atoms with Gasteiger partial charge in [0.2, 0.25) is 0 Å². The van der Waals surface area contributed by atoms with Crippen LogP contribution >= 0.6 is 11.3 Å². The van der Waals surface area contributed by atoms with Crippen molar-refractivity contribution < 1.29 is 9.53 Å². The highest BCUT2D eigenvalue weighted by molar-refractivity contribution is 7.17. The Morgan fingerprint density at radius 1 is 1.65 bits per heavy atom. The minimum atomic E-state index is -0.0583. The fourth-order valence-corrected chi connectivity index (χ4v) is 2.64. The summed E-state index contributed by atoms with van der Waals surface area (Å²) in [5.74, 6) is -0.0583. The van der Waals surface area contributed by atoms with Crippen LogP contribution in [0.1, 0.15) is 28.2 Å². The van der Waals surface area contributed by atoms with E-state index in [0.29, 0.717) is 11.4 Å². The van der Waals surface area contributed by atoms with Gasteiger partial charge in [-0.2, -0.15) is 0 Å². The average molecular weight is 255 g/mol. The molecule has 1 aromatic heterocycles. The number of hydrogen-bond acceptors (Lipinski definition) is 5. The number of thiazole rings is 1. The van der Waals surface area contributed by atoms with E-state index in [2.05, 4.69) is 15.6 Å². The molecule has 0 bridgehead atoms. The maximum Gasteiger partial charge on any atom is 0.263 e. The third-order valence-corrected chi connectivity index (χ3v) is 3.90. The summed E-state index contributed by atoms with van der Waals surface area (Å²) in [7, 11) is 1.80. The van der Waals surface area contributed by atoms with Crippen LogP contribution in [0.5, 0.6) is 0 Å². The fraction of sp³-hybridized carbons (Fsp3) is 0.636. The molecule has 1 aliphatic rings. The summed E-state index contributed by atoms with van der Waals surface area (Å²) < 4.78 is 5.46. The molecule has 1 fully saturated rings. The van der Waals surface area contributed by atoms with Crippen molar-refractivity contribution in [2.24, 2.45) is 0 Å². The SMILES string of the molecule is CNc1nc(C)c(C(=O)NC[C@H]2CCCO2)s1. The molecule has 1 aliphatic heterocycles. The van der Waals surface area contributed by atoms with Gasteiger partial charge in [0.15, 0.2) is 5.13 Å². The van der Waals surface area contributed by atoms with Crippen LogP contribution in [0.15, 0.2) is 0 Å². The fourth-order valence-electron chi connectivity index (χ4n) is 1.81. The highest BCUT2D eigenvalue weighted by atomic mass is 32.1. The Bertz CT molecular complexity index is 399. The smallest absolute Gasteiger partial charge is 0.263 e. The minimum Gasteiger partial charge on any atom is -0.376 e. The molecule has 2 N–H and O–H groups in total. The van der Waals surface area contributed by atoms with Gasteiger partial charge in [0.05, 0.1) is 11.8 Å². The number of hydrogen-bond donors (Lipinski definition) is 2. The Labute approximate surface area is 105 Å². The van der Waals surface area contributed by atoms with Gasteiger partial charge in [-0.05, 0) is 19.8 Å². The quantitative estimate of drug-likeness (QED) is 0.853. The number of aryl methyl sites for hydroxylation is 1. The molecular weight excluding hydrogens is 238 g/mol. The molecule has 5 nitrogen and oxygen atoms in total. The van der Waals surface area contributed by atoms with Crippen LogP contribution in [0.25, 0.3) is 0 Å². The number of rotatable bonds is 4. The molecule has 1 amide bonds. The van der Waals surface area contributed by atoms with Crippen molar-refractivity contribution >= 4 is 22.4 Å². The van der Waals surface area contributed by atoms with E-state index < -0.39 is 0 Å². The summed E-state index contributed by atoms with van der Waals surface area (Å²) in [5.41, 5.74) is 0.768. The van der Waals surface area contributed by atoms with Crippen molar-refractivity contribution in [3.63, 3.8) is 0 Å². The number of nitrogens with zero attached hydrogens (tertiary/aromatic N) is 1. The van der Waals surface area contributed by atoms with E-state index in [0.717, 1.165) is 30.3 Å². The van der Waals surface area contributed by atoms with Gasteiger partial charge in [-0.1, -0.05) is 11.3 Å². The summed E-state index contributed by atoms with van der Waals surface area (Å²) >= 11 is 1.38. The van der Waals surface area contributed by atoms with Crippen molar-refractivity contribution in [3.8, 4) is 0 Å². The molecule has 0 aliphatic carbocycles. The molecule has 0 radical (unpaired) electrons. The van der Waals surface area contributed by atoms with Crippen LogP contribution in [-0.4, -0.2) is 37.2 Å². The molecule has 0 aromatic carbocycles. The Morgan fingerprint density at radius 2 is 2.47 bits per heavy atom. The first-order valence-electron chi connectivity index (χ1n) is 5.75. The Hall–Kier alpha value is -1.14. The van der Waals surface area contributed by atoms with Crippen molar-refractivity contribution in [2.75, 3.05) is 25.5 Å². The molecule has 17 heavy (non-hydrogen) atoms. The first kappa shape index (κ1) is 12.3. The molecule has 1 atom stereocenters. The van der Waals surface area contributed by atoms with Gasteiger partial charge in [0.25, 0.3) is 5.91 Å². The van der Waals surface area contributed by atoms with E-state index in [4.69, 9.17) is 4.74 Å². The van der Waals surface area contributed by atoms with Crippen molar-refractivity contribution in [1.29, 1.82) is 0 Å². The first-order valence-corrected chi connectivity index (χ1v) is 6.57. The zero-order valence-corrected chi connectivity index (χ0v) is 10.9. The Kier molecular flexibility index (Phi) is 3.96. The van der Waals surface area contributed by atoms with Crippen molar-refractivity contribution in [2.45, 2.75) is 25.9 Å². The van der Waals surface area contributed by atoms with Gasteiger partial charge in [-0.15, -0.1) is 0 Å². The maximum absolute atomic E-state index is 11.9. The number of amides is 1. The monoisotopic (exact) mass is 255 g/mol. The Morgan fingerprint density at radius 3 is 3.06 bits per heavy atom. The van der Waals surface area contributed by atoms with Gasteiger partial charge in [0, 0.05) is 20.2 Å². The molecule has 0 saturated carbocycles. The summed E-state index contributed by atoms with van der Waals surface area (Å²) in [6, 6.07) is 0. The second kappa shape index (κ2) is 5.46. The van der Waals surface area contributed by atoms with Crippen LogP contribution in [0.4, 0.5) is 5.13 Å². The standard InChI is InChI=1S/C11H17N3O2S/c1-7-9(17-11(12-2)14-7)10(15)13-6-8-4-3-5-16-8/h8H,3-6H2,1-2H3,(H,12,14)(H,13,15)/t8-/m1/s1. The number of nitrogens with one attached hydrogen (secondary N) is 2. The predicted octanol–water partition coefficient (Wildman–Crippen LogP) is 1.40. The topological polar surface area (TPSA) is 63.2 Å². The lowest BCUT2D eigenvalue weighted by Gasteiger charge is -2.09. The number of carbonyl (C=O) groups is 1. The lowest BCUT2D eigenvalue weighted by molar-refractivity contribution is 0.0860. The van der Waals surface area contributed by atoms with Crippen LogP contribution in [0.3, 0.4) is 0 Å². The van der Waals surface area contributed by atoms with Gasteiger partial charge in [-0.25, -0.2) is 4.98 Å². The molecule has 0 spiro atoms. The van der Waals surface area contributed by atoms with Crippen LogP contribution in [0.2, 0.25) is 0 Å².